The van der Waals surface area contributed by atoms with Gasteiger partial charge in [0.1, 0.15) is 19.6 Å². The number of unbranched alkanes of at least 4 members (excludes halogenated alkanes) is 9. The molecule has 0 heterocycles. The van der Waals surface area contributed by atoms with E-state index in [0.29, 0.717) is 4.65 Å². The zero-order chi connectivity index (χ0) is 17.5. The van der Waals surface area contributed by atoms with Crippen LogP contribution < -0.4 is 0 Å². The van der Waals surface area contributed by atoms with Crippen LogP contribution in [-0.2, 0) is 11.5 Å². The Morgan fingerprint density at radius 2 is 1.33 bits per heavy atom. The molecule has 0 saturated heterocycles. The third kappa shape index (κ3) is 8.81. The fourth-order valence-electron chi connectivity index (χ4n) is 3.28. The van der Waals surface area contributed by atoms with Gasteiger partial charge in [0.2, 0.25) is 0 Å². The summed E-state index contributed by atoms with van der Waals surface area (Å²) in [6.07, 6.45) is 13.3. The molecule has 1 aromatic carbocycles. The first-order valence-corrected chi connectivity index (χ1v) is 9.99. The minimum Gasteiger partial charge on any atom is -0.200 e. The molecule has 1 aromatic rings. The van der Waals surface area contributed by atoms with E-state index < -0.39 is 0 Å². The van der Waals surface area contributed by atoms with E-state index in [1.165, 1.54) is 63.4 Å². The van der Waals surface area contributed by atoms with E-state index in [1.807, 2.05) is 18.2 Å². The molecule has 138 valence electrons. The van der Waals surface area contributed by atoms with Crippen LogP contribution in [0, 0.1) is 0 Å². The molecule has 3 nitrogen and oxygen atoms in total. The van der Waals surface area contributed by atoms with Gasteiger partial charge in [-0.2, -0.15) is 0 Å². The molecule has 0 amide bonds. The highest BCUT2D eigenvalue weighted by Crippen LogP contribution is 2.18. The van der Waals surface area contributed by atoms with Crippen LogP contribution in [0.25, 0.3) is 0 Å². The van der Waals surface area contributed by atoms with Gasteiger partial charge in [0.15, 0.2) is 0 Å². The van der Waals surface area contributed by atoms with Crippen molar-refractivity contribution in [2.24, 2.45) is 0 Å². The molecule has 0 aliphatic carbocycles. The molecule has 0 aromatic heterocycles. The molecule has 0 fully saturated rings. The van der Waals surface area contributed by atoms with Crippen molar-refractivity contribution in [1.29, 1.82) is 0 Å². The summed E-state index contributed by atoms with van der Waals surface area (Å²) < 4.78 is 0.307. The lowest BCUT2D eigenvalue weighted by atomic mass is 10.1. The molecule has 24 heavy (non-hydrogen) atoms. The van der Waals surface area contributed by atoms with Gasteiger partial charge in [0.05, 0.1) is 0 Å². The van der Waals surface area contributed by atoms with Crippen LogP contribution in [0.4, 0.5) is 0 Å². The zero-order valence-electron chi connectivity index (χ0n) is 15.9. The van der Waals surface area contributed by atoms with Crippen molar-refractivity contribution >= 4 is 0 Å². The second-order valence-electron chi connectivity index (χ2n) is 7.01. The van der Waals surface area contributed by atoms with Gasteiger partial charge in [-0.1, -0.05) is 88.6 Å². The monoisotopic (exact) mass is 336 g/mol. The molecule has 1 unspecified atom stereocenters. The van der Waals surface area contributed by atoms with Crippen LogP contribution >= 0.6 is 0 Å². The predicted octanol–water partition coefficient (Wildman–Crippen LogP) is 6.35. The summed E-state index contributed by atoms with van der Waals surface area (Å²) in [4.78, 5) is 4.91. The smallest absolute Gasteiger partial charge is 0.137 e. The summed E-state index contributed by atoms with van der Waals surface area (Å²) in [5.41, 5.74) is 1.21. The lowest BCUT2D eigenvalue weighted by molar-refractivity contribution is -1.16. The maximum absolute atomic E-state index is 9.45. The molecule has 1 N–H and O–H groups in total. The van der Waals surface area contributed by atoms with Crippen molar-refractivity contribution in [3.63, 3.8) is 0 Å². The molecule has 1 rings (SSSR count). The summed E-state index contributed by atoms with van der Waals surface area (Å²) in [5, 5.41) is 9.45. The largest absolute Gasteiger partial charge is 0.200 e. The zero-order valence-corrected chi connectivity index (χ0v) is 15.9. The number of hydrogen-bond acceptors (Lipinski definition) is 2. The summed E-state index contributed by atoms with van der Waals surface area (Å²) in [5.74, 6) is 0. The lowest BCUT2D eigenvalue weighted by Gasteiger charge is -2.30. The Morgan fingerprint density at radius 3 is 1.83 bits per heavy atom. The normalized spacial score (nSPS) is 13.8. The number of quaternary nitrogens is 1. The number of nitrogens with zero attached hydrogens (tertiary/aromatic N) is 1. The molecule has 0 radical (unpaired) electrons. The molecule has 0 bridgehead atoms. The molecule has 0 saturated carbocycles. The van der Waals surface area contributed by atoms with Crippen LogP contribution in [-0.4, -0.2) is 23.0 Å². The Morgan fingerprint density at radius 1 is 0.792 bits per heavy atom. The fourth-order valence-corrected chi connectivity index (χ4v) is 3.28. The Kier molecular flexibility index (Phi) is 11.8. The molecular formula is C21H38NO2+. The second-order valence-corrected chi connectivity index (χ2v) is 7.01. The van der Waals surface area contributed by atoms with Crippen molar-refractivity contribution < 1.29 is 14.9 Å². The van der Waals surface area contributed by atoms with E-state index >= 15 is 0 Å². The summed E-state index contributed by atoms with van der Waals surface area (Å²) in [7, 11) is 0. The second kappa shape index (κ2) is 13.4. The summed E-state index contributed by atoms with van der Waals surface area (Å²) >= 11 is 0. The molecule has 0 aliphatic rings. The Hall–Kier alpha value is -0.900. The van der Waals surface area contributed by atoms with Gasteiger partial charge in [-0.15, -0.1) is 4.65 Å². The van der Waals surface area contributed by atoms with E-state index in [0.717, 1.165) is 26.1 Å². The number of hydroxylamine groups is 3. The van der Waals surface area contributed by atoms with Crippen LogP contribution in [0.2, 0.25) is 0 Å². The van der Waals surface area contributed by atoms with Crippen molar-refractivity contribution in [2.75, 3.05) is 13.1 Å². The highest BCUT2D eigenvalue weighted by molar-refractivity contribution is 5.13. The van der Waals surface area contributed by atoms with E-state index in [9.17, 15) is 5.26 Å². The summed E-state index contributed by atoms with van der Waals surface area (Å²) in [6.45, 7) is 6.73. The van der Waals surface area contributed by atoms with Gasteiger partial charge in [0.25, 0.3) is 0 Å². The molecular weight excluding hydrogens is 298 g/mol. The third-order valence-corrected chi connectivity index (χ3v) is 4.98. The van der Waals surface area contributed by atoms with Crippen molar-refractivity contribution in [3.05, 3.63) is 35.9 Å². The first kappa shape index (κ1) is 21.1. The van der Waals surface area contributed by atoms with Crippen molar-refractivity contribution in [3.8, 4) is 0 Å². The standard InChI is InChI=1S/C21H37NO2/c1-3-5-6-7-8-9-10-11-12-16-19-22(4-2,24-23)20-21-17-14-13-15-18-21/h13-15,17-18H,3-12,16,19-20H2,1-2H3/p+1. The van der Waals surface area contributed by atoms with Crippen molar-refractivity contribution in [2.45, 2.75) is 84.6 Å². The van der Waals surface area contributed by atoms with Gasteiger partial charge in [-0.25, -0.2) is 5.26 Å². The number of rotatable bonds is 15. The van der Waals surface area contributed by atoms with E-state index in [1.54, 1.807) is 0 Å². The Labute approximate surface area is 149 Å². The topological polar surface area (TPSA) is 29.5 Å². The quantitative estimate of drug-likeness (QED) is 0.175. The van der Waals surface area contributed by atoms with Crippen LogP contribution in [0.1, 0.15) is 83.6 Å². The number of hydrogen-bond donors (Lipinski definition) is 1. The fraction of sp³-hybridized carbons (Fsp3) is 0.714. The first-order chi connectivity index (χ1) is 11.8. The molecule has 3 heteroatoms. The number of benzene rings is 1. The van der Waals surface area contributed by atoms with Crippen LogP contribution in [0.15, 0.2) is 30.3 Å². The van der Waals surface area contributed by atoms with Gasteiger partial charge < -0.3 is 0 Å². The lowest BCUT2D eigenvalue weighted by Crippen LogP contribution is -2.46. The van der Waals surface area contributed by atoms with Crippen LogP contribution in [0.5, 0.6) is 0 Å². The Bertz CT molecular complexity index is 390. The molecule has 1 atom stereocenters. The first-order valence-electron chi connectivity index (χ1n) is 9.99. The average molecular weight is 337 g/mol. The SMILES string of the molecule is CCCCCCCCCCCC[N+](CC)(Cc1ccccc1)OO. The maximum Gasteiger partial charge on any atom is 0.137 e. The van der Waals surface area contributed by atoms with E-state index in [2.05, 4.69) is 26.0 Å². The van der Waals surface area contributed by atoms with Crippen LogP contribution in [0.3, 0.4) is 0 Å². The van der Waals surface area contributed by atoms with Gasteiger partial charge >= 0.3 is 0 Å². The minimum absolute atomic E-state index is 0.307. The van der Waals surface area contributed by atoms with Crippen molar-refractivity contribution in [1.82, 2.24) is 0 Å². The average Bonchev–Trinajstić information content (AvgIpc) is 2.63. The highest BCUT2D eigenvalue weighted by Gasteiger charge is 2.28. The highest BCUT2D eigenvalue weighted by atomic mass is 17.2. The molecule has 0 aliphatic heterocycles. The van der Waals surface area contributed by atoms with Gasteiger partial charge in [-0.3, -0.25) is 0 Å². The minimum atomic E-state index is 0.307. The maximum atomic E-state index is 9.45. The van der Waals surface area contributed by atoms with E-state index in [4.69, 9.17) is 4.99 Å². The van der Waals surface area contributed by atoms with Gasteiger partial charge in [0, 0.05) is 5.56 Å². The Balaban J connectivity index is 2.17. The van der Waals surface area contributed by atoms with E-state index in [-0.39, 0.29) is 0 Å². The summed E-state index contributed by atoms with van der Waals surface area (Å²) in [6, 6.07) is 10.3. The molecule has 0 spiro atoms. The predicted molar refractivity (Wildman–Crippen MR) is 101 cm³/mol. The third-order valence-electron chi connectivity index (χ3n) is 4.98. The van der Waals surface area contributed by atoms with Gasteiger partial charge in [-0.05, 0) is 24.8 Å².